The molecule has 2 atom stereocenters. The van der Waals surface area contributed by atoms with Crippen LogP contribution in [-0.4, -0.2) is 121 Å². The van der Waals surface area contributed by atoms with Crippen molar-refractivity contribution in [2.45, 2.75) is 37.6 Å². The predicted molar refractivity (Wildman–Crippen MR) is 236 cm³/mol. The van der Waals surface area contributed by atoms with Gasteiger partial charge in [0, 0.05) is 60.6 Å². The normalized spacial score (nSPS) is 16.7. The smallest absolute Gasteiger partial charge is 0.262 e. The highest BCUT2D eigenvalue weighted by Crippen LogP contribution is 2.32. The van der Waals surface area contributed by atoms with E-state index in [1.165, 1.54) is 23.6 Å². The van der Waals surface area contributed by atoms with Gasteiger partial charge in [-0.3, -0.25) is 47.8 Å². The average molecular weight is 923 g/mol. The van der Waals surface area contributed by atoms with Crippen molar-refractivity contribution in [3.8, 4) is 11.3 Å². The number of nitrogens with zero attached hydrogens (tertiary/aromatic N) is 4. The molecule has 0 bridgehead atoms. The molecule has 2 fully saturated rings. The minimum Gasteiger partial charge on any atom is -0.374 e. The zero-order chi connectivity index (χ0) is 45.8. The SMILES string of the molecule is CS(=O)(=O)n1ccc(C(=O)N[C@@H](COCc2ccc(C(=O)NCCOC3CN(c4ccc5c(c4)C(=O)N(C4CCC(=O)NC4=O)C5=O)C3)cc2)C(=O)Nc2nc(-c3ccccc3)cs2)c1. The third-order valence-corrected chi connectivity index (χ3v) is 12.6. The highest BCUT2D eigenvalue weighted by Gasteiger charge is 2.45. The van der Waals surface area contributed by atoms with Crippen molar-refractivity contribution in [2.24, 2.45) is 0 Å². The van der Waals surface area contributed by atoms with E-state index >= 15 is 0 Å². The first kappa shape index (κ1) is 44.5. The Morgan fingerprint density at radius 3 is 2.40 bits per heavy atom. The summed E-state index contributed by atoms with van der Waals surface area (Å²) >= 11 is 1.21. The van der Waals surface area contributed by atoms with Crippen molar-refractivity contribution in [3.63, 3.8) is 0 Å². The van der Waals surface area contributed by atoms with E-state index in [1.807, 2.05) is 35.2 Å². The van der Waals surface area contributed by atoms with Crippen LogP contribution in [0.3, 0.4) is 0 Å². The number of imide groups is 2. The Balaban J connectivity index is 0.782. The molecule has 0 spiro atoms. The molecule has 0 radical (unpaired) electrons. The number of carbonyl (C=O) groups is 7. The Morgan fingerprint density at radius 2 is 1.68 bits per heavy atom. The molecule has 2 aromatic heterocycles. The summed E-state index contributed by atoms with van der Waals surface area (Å²) < 4.78 is 36.6. The lowest BCUT2D eigenvalue weighted by Gasteiger charge is -2.40. The van der Waals surface area contributed by atoms with Gasteiger partial charge in [-0.15, -0.1) is 11.3 Å². The van der Waals surface area contributed by atoms with Crippen LogP contribution in [0.1, 0.15) is 59.8 Å². The van der Waals surface area contributed by atoms with Gasteiger partial charge in [-0.25, -0.2) is 13.4 Å². The van der Waals surface area contributed by atoms with E-state index in [4.69, 9.17) is 9.47 Å². The van der Waals surface area contributed by atoms with E-state index < -0.39 is 57.6 Å². The van der Waals surface area contributed by atoms with Gasteiger partial charge in [0.05, 0.1) is 54.6 Å². The number of hydrogen-bond donors (Lipinski definition) is 4. The largest absolute Gasteiger partial charge is 0.374 e. The van der Waals surface area contributed by atoms with Gasteiger partial charge in [0.1, 0.15) is 12.1 Å². The summed E-state index contributed by atoms with van der Waals surface area (Å²) in [5.41, 5.74) is 3.77. The number of fused-ring (bicyclic) bond motifs is 1. The Labute approximate surface area is 376 Å². The highest BCUT2D eigenvalue weighted by molar-refractivity contribution is 7.89. The maximum absolute atomic E-state index is 13.5. The summed E-state index contributed by atoms with van der Waals surface area (Å²) in [4.78, 5) is 97.1. The maximum Gasteiger partial charge on any atom is 0.262 e. The van der Waals surface area contributed by atoms with Gasteiger partial charge < -0.3 is 30.3 Å². The van der Waals surface area contributed by atoms with Crippen molar-refractivity contribution in [2.75, 3.05) is 49.3 Å². The molecule has 2 saturated heterocycles. The number of amides is 7. The number of aromatic nitrogens is 2. The maximum atomic E-state index is 13.5. The average Bonchev–Trinajstić information content (AvgIpc) is 4.02. The first-order chi connectivity index (χ1) is 31.2. The summed E-state index contributed by atoms with van der Waals surface area (Å²) in [6, 6.07) is 20.1. The molecule has 3 aliphatic rings. The van der Waals surface area contributed by atoms with Crippen LogP contribution in [0, 0.1) is 0 Å². The zero-order valence-corrected chi connectivity index (χ0v) is 36.4. The second-order valence-electron chi connectivity index (χ2n) is 15.5. The van der Waals surface area contributed by atoms with E-state index in [0.29, 0.717) is 35.0 Å². The molecule has 3 aromatic carbocycles. The zero-order valence-electron chi connectivity index (χ0n) is 34.7. The number of carbonyl (C=O) groups excluding carboxylic acids is 7. The summed E-state index contributed by atoms with van der Waals surface area (Å²) in [6.07, 6.45) is 3.37. The van der Waals surface area contributed by atoms with Crippen LogP contribution in [0.25, 0.3) is 11.3 Å². The Kier molecular flexibility index (Phi) is 13.0. The van der Waals surface area contributed by atoms with Gasteiger partial charge in [-0.2, -0.15) is 0 Å². The van der Waals surface area contributed by atoms with E-state index in [1.54, 1.807) is 47.8 Å². The number of anilines is 2. The summed E-state index contributed by atoms with van der Waals surface area (Å²) in [5, 5.41) is 12.5. The second kappa shape index (κ2) is 19.0. The molecular formula is C44H42N8O11S2. The van der Waals surface area contributed by atoms with Crippen LogP contribution in [0.15, 0.2) is 96.6 Å². The first-order valence-electron chi connectivity index (χ1n) is 20.4. The summed E-state index contributed by atoms with van der Waals surface area (Å²) in [7, 11) is -3.64. The molecule has 19 nitrogen and oxygen atoms in total. The van der Waals surface area contributed by atoms with Crippen LogP contribution in [0.2, 0.25) is 0 Å². The number of rotatable bonds is 17. The minimum atomic E-state index is -3.64. The fourth-order valence-electron chi connectivity index (χ4n) is 7.36. The molecule has 336 valence electrons. The standard InChI is InChI=1S/C44H42N8O11S2/c1-65(60,61)51-17-15-29(20-51)39(55)46-34(40(56)49-44-47-35(25-64-44)27-5-3-2-4-6-27)24-62-23-26-7-9-28(10-8-26)38(54)45-16-18-63-31-21-50(22-31)30-11-12-32-33(19-30)43(59)52(42(32)58)36-13-14-37(53)48-41(36)57/h2-12,15,17,19-20,25,31,34,36H,13-14,16,18,21-24H2,1H3,(H,45,54)(H,46,55)(H,47,49,56)(H,48,53,57)/t34-,36?/m0/s1. The molecule has 65 heavy (non-hydrogen) atoms. The predicted octanol–water partition coefficient (Wildman–Crippen LogP) is 2.41. The third-order valence-electron chi connectivity index (χ3n) is 10.9. The minimum absolute atomic E-state index is 0.0266. The molecule has 5 aromatic rings. The molecule has 4 N–H and O–H groups in total. The molecule has 21 heteroatoms. The van der Waals surface area contributed by atoms with Crippen LogP contribution < -0.4 is 26.2 Å². The Hall–Kier alpha value is -7.07. The number of piperidine rings is 1. The van der Waals surface area contributed by atoms with Crippen molar-refractivity contribution in [1.82, 2.24) is 29.8 Å². The second-order valence-corrected chi connectivity index (χ2v) is 18.2. The van der Waals surface area contributed by atoms with E-state index in [2.05, 4.69) is 26.3 Å². The molecular weight excluding hydrogens is 881 g/mol. The van der Waals surface area contributed by atoms with Gasteiger partial charge >= 0.3 is 0 Å². The summed E-state index contributed by atoms with van der Waals surface area (Å²) in [6.45, 7) is 1.33. The van der Waals surface area contributed by atoms with Gasteiger partial charge in [-0.05, 0) is 48.4 Å². The Morgan fingerprint density at radius 1 is 0.923 bits per heavy atom. The topological polar surface area (TPSA) is 245 Å². The monoisotopic (exact) mass is 922 g/mol. The van der Waals surface area contributed by atoms with Gasteiger partial charge in [0.2, 0.25) is 21.8 Å². The lowest BCUT2D eigenvalue weighted by molar-refractivity contribution is -0.136. The van der Waals surface area contributed by atoms with Gasteiger partial charge in [-0.1, -0.05) is 42.5 Å². The third kappa shape index (κ3) is 10.2. The van der Waals surface area contributed by atoms with E-state index in [-0.39, 0.29) is 67.9 Å². The molecule has 5 heterocycles. The lowest BCUT2D eigenvalue weighted by Crippen LogP contribution is -2.54. The molecule has 1 unspecified atom stereocenters. The first-order valence-corrected chi connectivity index (χ1v) is 23.1. The number of ether oxygens (including phenoxy) is 2. The number of hydrogen-bond acceptors (Lipinski definition) is 14. The van der Waals surface area contributed by atoms with Gasteiger partial charge in [0.15, 0.2) is 5.13 Å². The van der Waals surface area contributed by atoms with Crippen LogP contribution in [-0.2, 0) is 40.5 Å². The van der Waals surface area contributed by atoms with E-state index in [0.717, 1.165) is 32.6 Å². The molecule has 0 aliphatic carbocycles. The molecule has 7 amide bonds. The van der Waals surface area contributed by atoms with Crippen LogP contribution in [0.4, 0.5) is 10.8 Å². The van der Waals surface area contributed by atoms with Gasteiger partial charge in [0.25, 0.3) is 29.5 Å². The fourth-order valence-corrected chi connectivity index (χ4v) is 8.67. The molecule has 0 saturated carbocycles. The fraction of sp³-hybridized carbons (Fsp3) is 0.273. The highest BCUT2D eigenvalue weighted by atomic mass is 32.2. The lowest BCUT2D eigenvalue weighted by atomic mass is 10.0. The number of benzene rings is 3. The quantitative estimate of drug-likeness (QED) is 0.0775. The van der Waals surface area contributed by atoms with Crippen molar-refractivity contribution < 1.29 is 51.5 Å². The van der Waals surface area contributed by atoms with E-state index in [9.17, 15) is 42.0 Å². The number of thiazole rings is 1. The number of nitrogens with one attached hydrogen (secondary N) is 4. The van der Waals surface area contributed by atoms with Crippen molar-refractivity contribution >= 4 is 73.5 Å². The molecule has 3 aliphatic heterocycles. The Bertz CT molecular complexity index is 2790. The molecule has 8 rings (SSSR count). The van der Waals surface area contributed by atoms with Crippen molar-refractivity contribution in [1.29, 1.82) is 0 Å². The van der Waals surface area contributed by atoms with Crippen molar-refractivity contribution in [3.05, 3.63) is 124 Å². The summed E-state index contributed by atoms with van der Waals surface area (Å²) in [5.74, 6) is -3.85. The van der Waals surface area contributed by atoms with Crippen LogP contribution in [0.5, 0.6) is 0 Å². The van der Waals surface area contributed by atoms with Crippen LogP contribution >= 0.6 is 11.3 Å².